The molecule has 1 aromatic heterocycles. The fraction of sp³-hybridized carbons (Fsp3) is 0.333. The monoisotopic (exact) mass is 228 g/mol. The van der Waals surface area contributed by atoms with Crippen LogP contribution in [0.1, 0.15) is 15.2 Å². The molecule has 3 N–H and O–H groups in total. The number of aromatic carboxylic acids is 1. The van der Waals surface area contributed by atoms with Crippen molar-refractivity contribution in [2.45, 2.75) is 6.54 Å². The molecule has 0 saturated heterocycles. The van der Waals surface area contributed by atoms with Gasteiger partial charge in [0.05, 0.1) is 12.1 Å². The van der Waals surface area contributed by atoms with Crippen LogP contribution in [0.15, 0.2) is 11.4 Å². The number of carboxylic acid groups (broad SMARTS) is 1. The van der Waals surface area contributed by atoms with Crippen molar-refractivity contribution in [2.24, 2.45) is 0 Å². The molecule has 15 heavy (non-hydrogen) atoms. The Kier molecular flexibility index (Phi) is 4.26. The SMILES string of the molecule is CNC(=O)CNCc1cc(C(=O)O)cs1. The molecule has 82 valence electrons. The maximum atomic E-state index is 10.9. The summed E-state index contributed by atoms with van der Waals surface area (Å²) in [7, 11) is 1.57. The molecule has 0 aromatic carbocycles. The summed E-state index contributed by atoms with van der Waals surface area (Å²) in [5, 5.41) is 15.6. The number of thiophene rings is 1. The van der Waals surface area contributed by atoms with Crippen molar-refractivity contribution < 1.29 is 14.7 Å². The second-order valence-corrected chi connectivity index (χ2v) is 3.88. The normalized spacial score (nSPS) is 9.93. The van der Waals surface area contributed by atoms with Gasteiger partial charge < -0.3 is 15.7 Å². The van der Waals surface area contributed by atoms with Gasteiger partial charge in [-0.05, 0) is 6.07 Å². The molecule has 5 nitrogen and oxygen atoms in total. The molecule has 1 rings (SSSR count). The lowest BCUT2D eigenvalue weighted by atomic mass is 10.3. The number of carbonyl (C=O) groups is 2. The largest absolute Gasteiger partial charge is 0.478 e. The summed E-state index contributed by atoms with van der Waals surface area (Å²) in [4.78, 5) is 22.3. The first-order chi connectivity index (χ1) is 7.13. The summed E-state index contributed by atoms with van der Waals surface area (Å²) in [6.45, 7) is 0.738. The lowest BCUT2D eigenvalue weighted by Gasteiger charge is -2.00. The highest BCUT2D eigenvalue weighted by molar-refractivity contribution is 7.10. The van der Waals surface area contributed by atoms with Crippen LogP contribution in [0.3, 0.4) is 0 Å². The molecule has 0 radical (unpaired) electrons. The first kappa shape index (κ1) is 11.7. The molecule has 0 aliphatic rings. The molecular weight excluding hydrogens is 216 g/mol. The first-order valence-electron chi connectivity index (χ1n) is 4.35. The third kappa shape index (κ3) is 3.69. The van der Waals surface area contributed by atoms with Crippen molar-refractivity contribution in [1.29, 1.82) is 0 Å². The van der Waals surface area contributed by atoms with Gasteiger partial charge in [0.25, 0.3) is 0 Å². The van der Waals surface area contributed by atoms with E-state index in [9.17, 15) is 9.59 Å². The minimum Gasteiger partial charge on any atom is -0.478 e. The van der Waals surface area contributed by atoms with Crippen LogP contribution >= 0.6 is 11.3 Å². The molecule has 1 aromatic rings. The van der Waals surface area contributed by atoms with Gasteiger partial charge in [-0.3, -0.25) is 4.79 Å². The van der Waals surface area contributed by atoms with Crippen LogP contribution in [0.25, 0.3) is 0 Å². The third-order valence-corrected chi connectivity index (χ3v) is 2.70. The number of amides is 1. The summed E-state index contributed by atoms with van der Waals surface area (Å²) in [5.41, 5.74) is 0.289. The summed E-state index contributed by atoms with van der Waals surface area (Å²) in [5.74, 6) is -1.02. The second kappa shape index (κ2) is 5.47. The number of carbonyl (C=O) groups excluding carboxylic acids is 1. The Bertz CT molecular complexity index is 362. The molecule has 0 atom stereocenters. The summed E-state index contributed by atoms with van der Waals surface area (Å²) in [6.07, 6.45) is 0. The third-order valence-electron chi connectivity index (χ3n) is 1.76. The van der Waals surface area contributed by atoms with E-state index in [1.807, 2.05) is 0 Å². The van der Waals surface area contributed by atoms with Gasteiger partial charge in [-0.25, -0.2) is 4.79 Å². The van der Waals surface area contributed by atoms with Crippen LogP contribution in [0.4, 0.5) is 0 Å². The highest BCUT2D eigenvalue weighted by Gasteiger charge is 2.06. The van der Waals surface area contributed by atoms with Crippen LogP contribution in [0.2, 0.25) is 0 Å². The second-order valence-electron chi connectivity index (χ2n) is 2.88. The quantitative estimate of drug-likeness (QED) is 0.676. The van der Waals surface area contributed by atoms with E-state index >= 15 is 0 Å². The smallest absolute Gasteiger partial charge is 0.336 e. The van der Waals surface area contributed by atoms with Gasteiger partial charge >= 0.3 is 5.97 Å². The minimum atomic E-state index is -0.927. The summed E-state index contributed by atoms with van der Waals surface area (Å²) < 4.78 is 0. The van der Waals surface area contributed by atoms with Gasteiger partial charge in [0.2, 0.25) is 5.91 Å². The number of rotatable bonds is 5. The molecule has 0 aliphatic heterocycles. The highest BCUT2D eigenvalue weighted by Crippen LogP contribution is 2.14. The van der Waals surface area contributed by atoms with Crippen LogP contribution in [-0.4, -0.2) is 30.6 Å². The fourth-order valence-electron chi connectivity index (χ4n) is 0.973. The Morgan fingerprint density at radius 2 is 2.27 bits per heavy atom. The molecule has 0 bridgehead atoms. The summed E-state index contributed by atoms with van der Waals surface area (Å²) in [6, 6.07) is 1.60. The van der Waals surface area contributed by atoms with Gasteiger partial charge in [-0.2, -0.15) is 0 Å². The van der Waals surface area contributed by atoms with Crippen LogP contribution in [-0.2, 0) is 11.3 Å². The minimum absolute atomic E-state index is 0.0926. The Balaban J connectivity index is 2.38. The van der Waals surface area contributed by atoms with E-state index in [0.29, 0.717) is 6.54 Å². The van der Waals surface area contributed by atoms with Crippen LogP contribution in [0.5, 0.6) is 0 Å². The number of hydrogen-bond acceptors (Lipinski definition) is 4. The highest BCUT2D eigenvalue weighted by atomic mass is 32.1. The number of hydrogen-bond donors (Lipinski definition) is 3. The van der Waals surface area contributed by atoms with E-state index < -0.39 is 5.97 Å². The van der Waals surface area contributed by atoms with Gasteiger partial charge in [0.15, 0.2) is 0 Å². The number of carboxylic acids is 1. The molecule has 1 amide bonds. The van der Waals surface area contributed by atoms with E-state index in [2.05, 4.69) is 10.6 Å². The van der Waals surface area contributed by atoms with Gasteiger partial charge in [-0.15, -0.1) is 11.3 Å². The van der Waals surface area contributed by atoms with Crippen molar-refractivity contribution in [3.05, 3.63) is 21.9 Å². The van der Waals surface area contributed by atoms with Crippen molar-refractivity contribution in [3.63, 3.8) is 0 Å². The predicted molar refractivity (Wildman–Crippen MR) is 57.1 cm³/mol. The van der Waals surface area contributed by atoms with Crippen LogP contribution in [0, 0.1) is 0 Å². The Hall–Kier alpha value is -1.40. The topological polar surface area (TPSA) is 78.4 Å². The van der Waals surface area contributed by atoms with E-state index in [1.165, 1.54) is 11.3 Å². The van der Waals surface area contributed by atoms with Gasteiger partial charge in [0.1, 0.15) is 0 Å². The van der Waals surface area contributed by atoms with Crippen molar-refractivity contribution >= 4 is 23.2 Å². The lowest BCUT2D eigenvalue weighted by Crippen LogP contribution is -2.30. The maximum Gasteiger partial charge on any atom is 0.336 e. The van der Waals surface area contributed by atoms with Crippen molar-refractivity contribution in [2.75, 3.05) is 13.6 Å². The molecular formula is C9H12N2O3S. The summed E-state index contributed by atoms with van der Waals surface area (Å²) >= 11 is 1.36. The predicted octanol–water partition coefficient (Wildman–Crippen LogP) is 0.282. The molecule has 0 saturated carbocycles. The zero-order chi connectivity index (χ0) is 11.3. The zero-order valence-electron chi connectivity index (χ0n) is 8.24. The molecule has 0 unspecified atom stereocenters. The first-order valence-corrected chi connectivity index (χ1v) is 5.23. The molecule has 1 heterocycles. The van der Waals surface area contributed by atoms with Gasteiger partial charge in [0, 0.05) is 23.8 Å². The molecule has 0 aliphatic carbocycles. The van der Waals surface area contributed by atoms with E-state index in [1.54, 1.807) is 18.5 Å². The average molecular weight is 228 g/mol. The maximum absolute atomic E-state index is 10.9. The molecule has 0 fully saturated rings. The molecule has 0 spiro atoms. The van der Waals surface area contributed by atoms with E-state index in [0.717, 1.165) is 4.88 Å². The van der Waals surface area contributed by atoms with Crippen molar-refractivity contribution in [1.82, 2.24) is 10.6 Å². The number of nitrogens with one attached hydrogen (secondary N) is 2. The Morgan fingerprint density at radius 3 is 2.80 bits per heavy atom. The molecule has 6 heteroatoms. The zero-order valence-corrected chi connectivity index (χ0v) is 9.06. The Labute approximate surface area is 91.1 Å². The van der Waals surface area contributed by atoms with E-state index in [4.69, 9.17) is 5.11 Å². The van der Waals surface area contributed by atoms with E-state index in [-0.39, 0.29) is 18.0 Å². The lowest BCUT2D eigenvalue weighted by molar-refractivity contribution is -0.119. The Morgan fingerprint density at radius 1 is 1.53 bits per heavy atom. The van der Waals surface area contributed by atoms with Crippen molar-refractivity contribution in [3.8, 4) is 0 Å². The van der Waals surface area contributed by atoms with Crippen LogP contribution < -0.4 is 10.6 Å². The van der Waals surface area contributed by atoms with Gasteiger partial charge in [-0.1, -0.05) is 0 Å². The fourth-order valence-corrected chi connectivity index (χ4v) is 1.80. The average Bonchev–Trinajstić information content (AvgIpc) is 2.66. The standard InChI is InChI=1S/C9H12N2O3S/c1-10-8(12)4-11-3-7-2-6(5-15-7)9(13)14/h2,5,11H,3-4H2,1H3,(H,10,12)(H,13,14). The number of likely N-dealkylation sites (N-methyl/N-ethyl adjacent to an activating group) is 1.